The summed E-state index contributed by atoms with van der Waals surface area (Å²) in [5.74, 6) is 0. The number of unbranched alkanes of at least 4 members (excludes halogenated alkanes) is 17. The number of benzene rings is 3. The van der Waals surface area contributed by atoms with Crippen LogP contribution in [-0.4, -0.2) is 48.2 Å². The van der Waals surface area contributed by atoms with Crippen LogP contribution in [0.4, 0.5) is 0 Å². The lowest BCUT2D eigenvalue weighted by molar-refractivity contribution is -0.0897. The standard InChI is InChI=1S/C47H71O6P/c1-2-3-4-5-6-7-8-9-10-11-12-13-14-15-16-17-18-28-35-54(48,49)40-45-47(52-38-43-33-26-21-27-34-43)46(51-37-42-31-24-20-25-32-42)44(53-45)39-50-36-41-29-22-19-23-30-41/h19-27,29-34,44-47H,2-18,28,35-40H2,1H3,(H,48,49)/t44-,45+,46-,47-/m1/s1. The van der Waals surface area contributed by atoms with E-state index in [4.69, 9.17) is 18.9 Å². The van der Waals surface area contributed by atoms with Gasteiger partial charge < -0.3 is 23.8 Å². The quantitative estimate of drug-likeness (QED) is 0.0520. The van der Waals surface area contributed by atoms with Crippen LogP contribution in [0.2, 0.25) is 0 Å². The molecule has 5 atom stereocenters. The predicted octanol–water partition coefficient (Wildman–Crippen LogP) is 12.5. The van der Waals surface area contributed by atoms with Crippen molar-refractivity contribution < 1.29 is 28.4 Å². The molecule has 4 rings (SSSR count). The minimum Gasteiger partial charge on any atom is -0.374 e. The Labute approximate surface area is 328 Å². The fourth-order valence-electron chi connectivity index (χ4n) is 7.52. The van der Waals surface area contributed by atoms with Crippen LogP contribution in [-0.2, 0) is 43.3 Å². The molecule has 1 fully saturated rings. The molecule has 7 heteroatoms. The van der Waals surface area contributed by atoms with Crippen molar-refractivity contribution in [3.63, 3.8) is 0 Å². The maximum absolute atomic E-state index is 13.7. The highest BCUT2D eigenvalue weighted by atomic mass is 31.2. The highest BCUT2D eigenvalue weighted by Gasteiger charge is 2.48. The number of rotatable bonds is 31. The first-order valence-electron chi connectivity index (χ1n) is 21.4. The summed E-state index contributed by atoms with van der Waals surface area (Å²) in [6.45, 7) is 3.78. The van der Waals surface area contributed by atoms with Crippen LogP contribution in [0.1, 0.15) is 139 Å². The molecular formula is C47H71O6P. The van der Waals surface area contributed by atoms with Gasteiger partial charge in [-0.3, -0.25) is 4.57 Å². The summed E-state index contributed by atoms with van der Waals surface area (Å²) in [4.78, 5) is 11.3. The van der Waals surface area contributed by atoms with E-state index in [-0.39, 0.29) is 6.16 Å². The van der Waals surface area contributed by atoms with Crippen molar-refractivity contribution in [3.8, 4) is 0 Å². The van der Waals surface area contributed by atoms with Crippen LogP contribution >= 0.6 is 7.37 Å². The normalized spacial score (nSPS) is 19.6. The van der Waals surface area contributed by atoms with Gasteiger partial charge in [0.1, 0.15) is 18.3 Å². The zero-order chi connectivity index (χ0) is 37.9. The van der Waals surface area contributed by atoms with Gasteiger partial charge in [-0.1, -0.05) is 207 Å². The Balaban J connectivity index is 1.20. The molecule has 0 amide bonds. The van der Waals surface area contributed by atoms with Crippen molar-refractivity contribution in [1.82, 2.24) is 0 Å². The van der Waals surface area contributed by atoms with Crippen molar-refractivity contribution in [2.45, 2.75) is 167 Å². The molecule has 1 N–H and O–H groups in total. The van der Waals surface area contributed by atoms with Crippen molar-refractivity contribution in [1.29, 1.82) is 0 Å². The molecule has 0 aromatic heterocycles. The minimum atomic E-state index is -3.47. The second kappa shape index (κ2) is 27.3. The smallest absolute Gasteiger partial charge is 0.203 e. The van der Waals surface area contributed by atoms with E-state index in [0.717, 1.165) is 36.0 Å². The molecule has 54 heavy (non-hydrogen) atoms. The molecule has 3 aromatic carbocycles. The second-order valence-corrected chi connectivity index (χ2v) is 18.0. The third-order valence-electron chi connectivity index (χ3n) is 10.7. The summed E-state index contributed by atoms with van der Waals surface area (Å²) < 4.78 is 39.5. The van der Waals surface area contributed by atoms with E-state index < -0.39 is 31.8 Å². The lowest BCUT2D eigenvalue weighted by Gasteiger charge is -2.26. The fourth-order valence-corrected chi connectivity index (χ4v) is 9.28. The van der Waals surface area contributed by atoms with E-state index in [1.54, 1.807) is 0 Å². The third-order valence-corrected chi connectivity index (χ3v) is 12.6. The fraction of sp³-hybridized carbons (Fsp3) is 0.617. The first-order chi connectivity index (χ1) is 26.5. The van der Waals surface area contributed by atoms with Crippen molar-refractivity contribution in [2.24, 2.45) is 0 Å². The van der Waals surface area contributed by atoms with Gasteiger partial charge in [-0.25, -0.2) is 0 Å². The second-order valence-electron chi connectivity index (χ2n) is 15.5. The highest BCUT2D eigenvalue weighted by molar-refractivity contribution is 7.58. The number of hydrogen-bond acceptors (Lipinski definition) is 5. The summed E-state index contributed by atoms with van der Waals surface area (Å²) in [5, 5.41) is 0. The Morgan fingerprint density at radius 1 is 0.519 bits per heavy atom. The predicted molar refractivity (Wildman–Crippen MR) is 223 cm³/mol. The van der Waals surface area contributed by atoms with Gasteiger partial charge in [-0.2, -0.15) is 0 Å². The van der Waals surface area contributed by atoms with Gasteiger partial charge >= 0.3 is 0 Å². The van der Waals surface area contributed by atoms with E-state index in [9.17, 15) is 9.46 Å². The van der Waals surface area contributed by atoms with E-state index in [1.807, 2.05) is 91.0 Å². The Hall–Kier alpha value is -2.31. The van der Waals surface area contributed by atoms with Crippen molar-refractivity contribution in [3.05, 3.63) is 108 Å². The van der Waals surface area contributed by atoms with Crippen molar-refractivity contribution >= 4 is 7.37 Å². The summed E-state index contributed by atoms with van der Waals surface area (Å²) >= 11 is 0. The largest absolute Gasteiger partial charge is 0.374 e. The number of ether oxygens (including phenoxy) is 4. The van der Waals surface area contributed by atoms with Crippen LogP contribution in [0.25, 0.3) is 0 Å². The maximum Gasteiger partial charge on any atom is 0.203 e. The van der Waals surface area contributed by atoms with Crippen LogP contribution < -0.4 is 0 Å². The van der Waals surface area contributed by atoms with Crippen LogP contribution in [0, 0.1) is 0 Å². The highest BCUT2D eigenvalue weighted by Crippen LogP contribution is 2.46. The molecule has 3 aromatic rings. The van der Waals surface area contributed by atoms with Gasteiger partial charge in [0, 0.05) is 6.16 Å². The molecule has 6 nitrogen and oxygen atoms in total. The van der Waals surface area contributed by atoms with Gasteiger partial charge in [-0.15, -0.1) is 0 Å². The molecule has 0 spiro atoms. The van der Waals surface area contributed by atoms with Crippen LogP contribution in [0.15, 0.2) is 91.0 Å². The van der Waals surface area contributed by atoms with Gasteiger partial charge in [-0.05, 0) is 23.1 Å². The van der Waals surface area contributed by atoms with Gasteiger partial charge in [0.05, 0.1) is 38.7 Å². The Morgan fingerprint density at radius 3 is 1.31 bits per heavy atom. The molecule has 300 valence electrons. The van der Waals surface area contributed by atoms with E-state index in [2.05, 4.69) is 6.92 Å². The SMILES string of the molecule is CCCCCCCCCCCCCCCCCCCCP(=O)(O)C[C@@H]1O[C@H](COCc2ccccc2)[C@@H](OCc2ccccc2)[C@@H]1OCc1ccccc1. The lowest BCUT2D eigenvalue weighted by Crippen LogP contribution is -2.40. The third kappa shape index (κ3) is 18.5. The monoisotopic (exact) mass is 762 g/mol. The molecular weight excluding hydrogens is 691 g/mol. The zero-order valence-electron chi connectivity index (χ0n) is 33.4. The lowest BCUT2D eigenvalue weighted by atomic mass is 10.0. The summed E-state index contributed by atoms with van der Waals surface area (Å²) in [5.41, 5.74) is 3.16. The first-order valence-corrected chi connectivity index (χ1v) is 23.5. The topological polar surface area (TPSA) is 74.2 Å². The van der Waals surface area contributed by atoms with Crippen LogP contribution in [0.3, 0.4) is 0 Å². The summed E-state index contributed by atoms with van der Waals surface area (Å²) in [6.07, 6.45) is 21.7. The average molecular weight is 763 g/mol. The van der Waals surface area contributed by atoms with Gasteiger partial charge in [0.15, 0.2) is 0 Å². The maximum atomic E-state index is 13.7. The molecule has 1 unspecified atom stereocenters. The number of hydrogen-bond donors (Lipinski definition) is 1. The summed E-state index contributed by atoms with van der Waals surface area (Å²) in [7, 11) is -3.47. The molecule has 1 heterocycles. The molecule has 0 aliphatic carbocycles. The van der Waals surface area contributed by atoms with E-state index in [0.29, 0.717) is 32.6 Å². The van der Waals surface area contributed by atoms with Gasteiger partial charge in [0.2, 0.25) is 7.37 Å². The molecule has 0 saturated carbocycles. The first kappa shape index (κ1) is 44.4. The van der Waals surface area contributed by atoms with E-state index >= 15 is 0 Å². The molecule has 1 aliphatic heterocycles. The van der Waals surface area contributed by atoms with Crippen LogP contribution in [0.5, 0.6) is 0 Å². The van der Waals surface area contributed by atoms with Gasteiger partial charge in [0.25, 0.3) is 0 Å². The molecule has 0 bridgehead atoms. The molecule has 1 aliphatic rings. The molecule has 0 radical (unpaired) electrons. The Kier molecular flexibility index (Phi) is 22.5. The molecule has 1 saturated heterocycles. The zero-order valence-corrected chi connectivity index (χ0v) is 34.3. The minimum absolute atomic E-state index is 0.0474. The Morgan fingerprint density at radius 2 is 0.889 bits per heavy atom. The Bertz CT molecular complexity index is 1370. The summed E-state index contributed by atoms with van der Waals surface area (Å²) in [6, 6.07) is 30.2. The average Bonchev–Trinajstić information content (AvgIpc) is 3.51. The van der Waals surface area contributed by atoms with E-state index in [1.165, 1.54) is 96.3 Å². The van der Waals surface area contributed by atoms with Crippen molar-refractivity contribution in [2.75, 3.05) is 18.9 Å².